The van der Waals surface area contributed by atoms with Crippen molar-refractivity contribution in [1.29, 1.82) is 0 Å². The third kappa shape index (κ3) is 2.40. The summed E-state index contributed by atoms with van der Waals surface area (Å²) >= 11 is 0. The summed E-state index contributed by atoms with van der Waals surface area (Å²) in [5.41, 5.74) is 3.38. The molecule has 0 aliphatic carbocycles. The summed E-state index contributed by atoms with van der Waals surface area (Å²) in [6, 6.07) is 3.75. The molecule has 0 spiro atoms. The molecule has 0 bridgehead atoms. The van der Waals surface area contributed by atoms with Gasteiger partial charge in [-0.2, -0.15) is 13.2 Å². The minimum Gasteiger partial charge on any atom is -0.399 e. The van der Waals surface area contributed by atoms with Crippen molar-refractivity contribution in [2.24, 2.45) is 0 Å². The molecule has 1 aliphatic heterocycles. The quantitative estimate of drug-likeness (QED) is 0.638. The van der Waals surface area contributed by atoms with Crippen LogP contribution >= 0.6 is 0 Å². The molecule has 1 fully saturated rings. The number of benzene rings is 1. The van der Waals surface area contributed by atoms with Crippen LogP contribution in [0.1, 0.15) is 33.3 Å². The van der Waals surface area contributed by atoms with E-state index in [1.54, 1.807) is 0 Å². The number of anilines is 1. The van der Waals surface area contributed by atoms with E-state index in [2.05, 4.69) is 0 Å². The summed E-state index contributed by atoms with van der Waals surface area (Å²) in [5, 5.41) is 0. The molecule has 0 aromatic heterocycles. The second-order valence-electron chi connectivity index (χ2n) is 5.89. The minimum atomic E-state index is -4.50. The Morgan fingerprint density at radius 3 is 2.00 bits per heavy atom. The highest BCUT2D eigenvalue weighted by atomic mass is 19.4. The van der Waals surface area contributed by atoms with Gasteiger partial charge in [-0.1, -0.05) is 12.1 Å². The van der Waals surface area contributed by atoms with Crippen LogP contribution in [-0.2, 0) is 15.5 Å². The van der Waals surface area contributed by atoms with E-state index in [9.17, 15) is 13.2 Å². The van der Waals surface area contributed by atoms with Gasteiger partial charge in [0, 0.05) is 11.2 Å². The molecule has 20 heavy (non-hydrogen) atoms. The van der Waals surface area contributed by atoms with Crippen molar-refractivity contribution < 1.29 is 22.5 Å². The maximum absolute atomic E-state index is 12.9. The number of nitrogen functional groups attached to an aromatic ring is 1. The Hall–Kier alpha value is -1.21. The Labute approximate surface area is 116 Å². The van der Waals surface area contributed by atoms with Gasteiger partial charge in [0.1, 0.15) is 0 Å². The second kappa shape index (κ2) is 4.39. The van der Waals surface area contributed by atoms with Crippen LogP contribution in [0.25, 0.3) is 0 Å². The molecule has 2 N–H and O–H groups in total. The van der Waals surface area contributed by atoms with E-state index in [0.29, 0.717) is 0 Å². The third-order valence-corrected chi connectivity index (χ3v) is 3.95. The van der Waals surface area contributed by atoms with E-state index >= 15 is 0 Å². The van der Waals surface area contributed by atoms with Gasteiger partial charge in [0.2, 0.25) is 0 Å². The first-order valence-electron chi connectivity index (χ1n) is 6.27. The molecule has 1 saturated heterocycles. The number of nitrogens with two attached hydrogens (primary N) is 1. The minimum absolute atomic E-state index is 0.207. The molecular formula is C13H17BF3NO2. The number of alkyl halides is 3. The smallest absolute Gasteiger partial charge is 0.399 e. The van der Waals surface area contributed by atoms with Crippen molar-refractivity contribution in [3.63, 3.8) is 0 Å². The summed E-state index contributed by atoms with van der Waals surface area (Å²) < 4.78 is 50.0. The predicted octanol–water partition coefficient (Wildman–Crippen LogP) is 2.59. The molecule has 0 unspecified atom stereocenters. The maximum Gasteiger partial charge on any atom is 0.496 e. The lowest BCUT2D eigenvalue weighted by Crippen LogP contribution is -2.41. The van der Waals surface area contributed by atoms with Crippen molar-refractivity contribution in [1.82, 2.24) is 0 Å². The van der Waals surface area contributed by atoms with E-state index in [-0.39, 0.29) is 11.2 Å². The Balaban J connectivity index is 2.42. The molecule has 3 nitrogen and oxygen atoms in total. The molecule has 0 saturated carbocycles. The van der Waals surface area contributed by atoms with Gasteiger partial charge in [0.15, 0.2) is 0 Å². The number of rotatable bonds is 1. The topological polar surface area (TPSA) is 44.5 Å². The molecule has 1 aliphatic rings. The molecular weight excluding hydrogens is 270 g/mol. The predicted molar refractivity (Wildman–Crippen MR) is 71.6 cm³/mol. The van der Waals surface area contributed by atoms with Crippen molar-refractivity contribution in [3.05, 3.63) is 23.8 Å². The average Bonchev–Trinajstić information content (AvgIpc) is 2.46. The molecule has 1 aromatic carbocycles. The van der Waals surface area contributed by atoms with Gasteiger partial charge in [0.25, 0.3) is 0 Å². The van der Waals surface area contributed by atoms with Crippen LogP contribution in [0.3, 0.4) is 0 Å². The SMILES string of the molecule is CC1(C)OB(c2cccc(C(F)(F)F)c2N)OC1(C)C. The number of para-hydroxylation sites is 1. The highest BCUT2D eigenvalue weighted by molar-refractivity contribution is 6.64. The Morgan fingerprint density at radius 1 is 1.05 bits per heavy atom. The van der Waals surface area contributed by atoms with Gasteiger partial charge in [-0.25, -0.2) is 0 Å². The summed E-state index contributed by atoms with van der Waals surface area (Å²) in [5.74, 6) is 0. The lowest BCUT2D eigenvalue weighted by molar-refractivity contribution is -0.136. The fraction of sp³-hybridized carbons (Fsp3) is 0.538. The average molecular weight is 287 g/mol. The third-order valence-electron chi connectivity index (χ3n) is 3.95. The summed E-state index contributed by atoms with van der Waals surface area (Å²) in [7, 11) is -0.901. The van der Waals surface area contributed by atoms with Crippen molar-refractivity contribution >= 4 is 18.3 Å². The molecule has 1 aromatic rings. The van der Waals surface area contributed by atoms with Gasteiger partial charge < -0.3 is 15.0 Å². The van der Waals surface area contributed by atoms with Crippen molar-refractivity contribution in [2.45, 2.75) is 45.1 Å². The Morgan fingerprint density at radius 2 is 1.55 bits per heavy atom. The number of hydrogen-bond acceptors (Lipinski definition) is 3. The fourth-order valence-corrected chi connectivity index (χ4v) is 2.01. The highest BCUT2D eigenvalue weighted by Crippen LogP contribution is 2.38. The fourth-order valence-electron chi connectivity index (χ4n) is 2.01. The lowest BCUT2D eigenvalue weighted by Gasteiger charge is -2.32. The van der Waals surface area contributed by atoms with Crippen LogP contribution in [0, 0.1) is 0 Å². The molecule has 0 atom stereocenters. The molecule has 2 rings (SSSR count). The highest BCUT2D eigenvalue weighted by Gasteiger charge is 2.52. The Kier molecular flexibility index (Phi) is 3.34. The van der Waals surface area contributed by atoms with Gasteiger partial charge >= 0.3 is 13.3 Å². The molecule has 7 heteroatoms. The van der Waals surface area contributed by atoms with Gasteiger partial charge in [-0.3, -0.25) is 0 Å². The van der Waals surface area contributed by atoms with E-state index in [4.69, 9.17) is 15.0 Å². The largest absolute Gasteiger partial charge is 0.496 e. The van der Waals surface area contributed by atoms with Crippen molar-refractivity contribution in [2.75, 3.05) is 5.73 Å². The molecule has 1 heterocycles. The first kappa shape index (κ1) is 15.2. The van der Waals surface area contributed by atoms with E-state index in [1.165, 1.54) is 12.1 Å². The standard InChI is InChI=1S/C13H17BF3NO2/c1-11(2)12(3,4)20-14(19-11)9-7-5-6-8(10(9)18)13(15,16)17/h5-7H,18H2,1-4H3. The summed E-state index contributed by atoms with van der Waals surface area (Å²) in [4.78, 5) is 0. The van der Waals surface area contributed by atoms with Crippen molar-refractivity contribution in [3.8, 4) is 0 Å². The number of halogens is 3. The number of hydrogen-bond donors (Lipinski definition) is 1. The lowest BCUT2D eigenvalue weighted by atomic mass is 9.77. The maximum atomic E-state index is 12.9. The molecule has 0 amide bonds. The first-order chi connectivity index (χ1) is 8.96. The summed E-state index contributed by atoms with van der Waals surface area (Å²) in [6.45, 7) is 7.32. The van der Waals surface area contributed by atoms with Crippen LogP contribution in [0.4, 0.5) is 18.9 Å². The van der Waals surface area contributed by atoms with Crippen LogP contribution < -0.4 is 11.2 Å². The zero-order chi connectivity index (χ0) is 15.3. The van der Waals surface area contributed by atoms with E-state index in [0.717, 1.165) is 6.07 Å². The summed E-state index contributed by atoms with van der Waals surface area (Å²) in [6.07, 6.45) is -4.50. The van der Waals surface area contributed by atoms with E-state index in [1.807, 2.05) is 27.7 Å². The van der Waals surface area contributed by atoms with Crippen LogP contribution in [0.2, 0.25) is 0 Å². The van der Waals surface area contributed by atoms with Gasteiger partial charge in [-0.15, -0.1) is 0 Å². The normalized spacial score (nSPS) is 21.2. The molecule has 0 radical (unpaired) electrons. The second-order valence-corrected chi connectivity index (χ2v) is 5.89. The first-order valence-corrected chi connectivity index (χ1v) is 6.27. The van der Waals surface area contributed by atoms with E-state index < -0.39 is 30.1 Å². The van der Waals surface area contributed by atoms with Gasteiger partial charge in [0.05, 0.1) is 16.8 Å². The van der Waals surface area contributed by atoms with Crippen LogP contribution in [0.5, 0.6) is 0 Å². The zero-order valence-corrected chi connectivity index (χ0v) is 11.8. The molecule has 110 valence electrons. The monoisotopic (exact) mass is 287 g/mol. The van der Waals surface area contributed by atoms with Crippen LogP contribution in [0.15, 0.2) is 18.2 Å². The zero-order valence-electron chi connectivity index (χ0n) is 11.8. The van der Waals surface area contributed by atoms with Crippen LogP contribution in [-0.4, -0.2) is 18.3 Å². The van der Waals surface area contributed by atoms with Gasteiger partial charge in [-0.05, 0) is 33.8 Å². The Bertz CT molecular complexity index is 513.